The third kappa shape index (κ3) is 9.17. The first-order valence-electron chi connectivity index (χ1n) is 9.91. The average molecular weight is 336 g/mol. The van der Waals surface area contributed by atoms with Crippen LogP contribution in [0.25, 0.3) is 0 Å². The van der Waals surface area contributed by atoms with Gasteiger partial charge in [-0.3, -0.25) is 0 Å². The van der Waals surface area contributed by atoms with Gasteiger partial charge in [0, 0.05) is 18.2 Å². The first-order chi connectivity index (χ1) is 11.8. The monoisotopic (exact) mass is 335 g/mol. The Morgan fingerprint density at radius 1 is 0.792 bits per heavy atom. The summed E-state index contributed by atoms with van der Waals surface area (Å²) >= 11 is 0. The topological polar surface area (TPSA) is 30.5 Å². The van der Waals surface area contributed by atoms with Crippen molar-refractivity contribution in [3.63, 3.8) is 0 Å². The van der Waals surface area contributed by atoms with E-state index >= 15 is 0 Å². The molecule has 24 heavy (non-hydrogen) atoms. The highest BCUT2D eigenvalue weighted by atomic mass is 16.5. The lowest BCUT2D eigenvalue weighted by molar-refractivity contribution is 0.289. The van der Waals surface area contributed by atoms with E-state index in [0.29, 0.717) is 0 Å². The standard InChI is InChI=1S/C21H37NO2/c1-4-7-10-15-23-20-13-12-19(18-22-14-9-6-3)21(17-20)24-16-11-8-5-2/h12-13,17,22H,4-11,14-16,18H2,1-3H3. The molecule has 1 aromatic carbocycles. The number of ether oxygens (including phenoxy) is 2. The van der Waals surface area contributed by atoms with Gasteiger partial charge >= 0.3 is 0 Å². The molecule has 0 atom stereocenters. The van der Waals surface area contributed by atoms with E-state index < -0.39 is 0 Å². The summed E-state index contributed by atoms with van der Waals surface area (Å²) in [5.41, 5.74) is 1.23. The van der Waals surface area contributed by atoms with Crippen molar-refractivity contribution in [2.45, 2.75) is 78.7 Å². The van der Waals surface area contributed by atoms with Crippen LogP contribution in [0.1, 0.15) is 77.7 Å². The molecule has 0 saturated carbocycles. The molecule has 0 bridgehead atoms. The summed E-state index contributed by atoms with van der Waals surface area (Å²) in [5, 5.41) is 3.50. The third-order valence-corrected chi connectivity index (χ3v) is 4.08. The molecule has 0 aliphatic rings. The zero-order chi connectivity index (χ0) is 17.5. The largest absolute Gasteiger partial charge is 0.493 e. The SMILES string of the molecule is CCCCCOc1ccc(CNCCCC)c(OCCCCC)c1. The number of unbranched alkanes of at least 4 members (excludes halogenated alkanes) is 5. The predicted molar refractivity (Wildman–Crippen MR) is 103 cm³/mol. The molecule has 0 saturated heterocycles. The number of hydrogen-bond acceptors (Lipinski definition) is 3. The Kier molecular flexibility index (Phi) is 12.3. The van der Waals surface area contributed by atoms with Crippen LogP contribution in [0.15, 0.2) is 18.2 Å². The van der Waals surface area contributed by atoms with E-state index in [-0.39, 0.29) is 0 Å². The second-order valence-corrected chi connectivity index (χ2v) is 6.41. The van der Waals surface area contributed by atoms with Gasteiger partial charge in [-0.05, 0) is 31.9 Å². The van der Waals surface area contributed by atoms with E-state index in [0.717, 1.165) is 50.6 Å². The van der Waals surface area contributed by atoms with Gasteiger partial charge in [-0.1, -0.05) is 58.9 Å². The van der Waals surface area contributed by atoms with Gasteiger partial charge in [0.15, 0.2) is 0 Å². The molecule has 0 amide bonds. The molecule has 0 spiro atoms. The Morgan fingerprint density at radius 3 is 2.12 bits per heavy atom. The van der Waals surface area contributed by atoms with Crippen molar-refractivity contribution in [1.82, 2.24) is 5.32 Å². The van der Waals surface area contributed by atoms with Gasteiger partial charge in [0.05, 0.1) is 13.2 Å². The molecule has 1 rings (SSSR count). The lowest BCUT2D eigenvalue weighted by Crippen LogP contribution is -2.15. The Bertz CT molecular complexity index is 420. The second-order valence-electron chi connectivity index (χ2n) is 6.41. The molecule has 0 aromatic heterocycles. The van der Waals surface area contributed by atoms with E-state index in [4.69, 9.17) is 9.47 Å². The first kappa shape index (κ1) is 20.8. The Hall–Kier alpha value is -1.22. The minimum Gasteiger partial charge on any atom is -0.493 e. The smallest absolute Gasteiger partial charge is 0.127 e. The van der Waals surface area contributed by atoms with Crippen LogP contribution in [0.4, 0.5) is 0 Å². The maximum absolute atomic E-state index is 6.04. The molecule has 0 fully saturated rings. The van der Waals surface area contributed by atoms with Crippen molar-refractivity contribution in [3.8, 4) is 11.5 Å². The minimum atomic E-state index is 0.787. The lowest BCUT2D eigenvalue weighted by Gasteiger charge is -2.14. The van der Waals surface area contributed by atoms with E-state index in [1.54, 1.807) is 0 Å². The van der Waals surface area contributed by atoms with Gasteiger partial charge in [0.25, 0.3) is 0 Å². The van der Waals surface area contributed by atoms with Crippen LogP contribution in [-0.2, 0) is 6.54 Å². The van der Waals surface area contributed by atoms with Gasteiger partial charge in [0.2, 0.25) is 0 Å². The maximum atomic E-state index is 6.04. The van der Waals surface area contributed by atoms with Crippen molar-refractivity contribution in [2.24, 2.45) is 0 Å². The number of benzene rings is 1. The van der Waals surface area contributed by atoms with Crippen molar-refractivity contribution < 1.29 is 9.47 Å². The van der Waals surface area contributed by atoms with Crippen molar-refractivity contribution in [2.75, 3.05) is 19.8 Å². The molecule has 3 nitrogen and oxygen atoms in total. The summed E-state index contributed by atoms with van der Waals surface area (Å²) in [6, 6.07) is 6.28. The van der Waals surface area contributed by atoms with Crippen LogP contribution in [0, 0.1) is 0 Å². The summed E-state index contributed by atoms with van der Waals surface area (Å²) in [7, 11) is 0. The number of rotatable bonds is 15. The average Bonchev–Trinajstić information content (AvgIpc) is 2.60. The minimum absolute atomic E-state index is 0.787. The van der Waals surface area contributed by atoms with Crippen LogP contribution in [-0.4, -0.2) is 19.8 Å². The van der Waals surface area contributed by atoms with Crippen LogP contribution < -0.4 is 14.8 Å². The Labute approximate surface area is 149 Å². The van der Waals surface area contributed by atoms with E-state index in [9.17, 15) is 0 Å². The molecule has 0 heterocycles. The highest BCUT2D eigenvalue weighted by Crippen LogP contribution is 2.25. The summed E-state index contributed by atoms with van der Waals surface area (Å²) in [6.45, 7) is 10.1. The molecule has 0 unspecified atom stereocenters. The zero-order valence-corrected chi connectivity index (χ0v) is 16.0. The van der Waals surface area contributed by atoms with Gasteiger partial charge in [-0.15, -0.1) is 0 Å². The van der Waals surface area contributed by atoms with E-state index in [2.05, 4.69) is 44.3 Å². The van der Waals surface area contributed by atoms with Gasteiger partial charge in [-0.2, -0.15) is 0 Å². The quantitative estimate of drug-likeness (QED) is 0.416. The normalized spacial score (nSPS) is 10.8. The van der Waals surface area contributed by atoms with Crippen LogP contribution >= 0.6 is 0 Å². The fourth-order valence-electron chi connectivity index (χ4n) is 2.51. The summed E-state index contributed by atoms with van der Waals surface area (Å²) in [5.74, 6) is 1.90. The Balaban J connectivity index is 2.58. The summed E-state index contributed by atoms with van der Waals surface area (Å²) in [6.07, 6.45) is 9.54. The first-order valence-corrected chi connectivity index (χ1v) is 9.91. The summed E-state index contributed by atoms with van der Waals surface area (Å²) in [4.78, 5) is 0. The number of nitrogens with one attached hydrogen (secondary N) is 1. The molecule has 0 aliphatic heterocycles. The highest BCUT2D eigenvalue weighted by Gasteiger charge is 2.06. The lowest BCUT2D eigenvalue weighted by atomic mass is 10.2. The fourth-order valence-corrected chi connectivity index (χ4v) is 2.51. The Morgan fingerprint density at radius 2 is 1.46 bits per heavy atom. The van der Waals surface area contributed by atoms with Gasteiger partial charge in [0.1, 0.15) is 11.5 Å². The second kappa shape index (κ2) is 14.2. The molecule has 0 radical (unpaired) electrons. The maximum Gasteiger partial charge on any atom is 0.127 e. The predicted octanol–water partition coefficient (Wildman–Crippen LogP) is 5.71. The zero-order valence-electron chi connectivity index (χ0n) is 16.0. The molecular weight excluding hydrogens is 298 g/mol. The molecule has 1 aromatic rings. The van der Waals surface area contributed by atoms with Crippen LogP contribution in [0.2, 0.25) is 0 Å². The van der Waals surface area contributed by atoms with Gasteiger partial charge < -0.3 is 14.8 Å². The van der Waals surface area contributed by atoms with Crippen molar-refractivity contribution >= 4 is 0 Å². The van der Waals surface area contributed by atoms with Crippen molar-refractivity contribution in [1.29, 1.82) is 0 Å². The molecule has 138 valence electrons. The molecular formula is C21H37NO2. The third-order valence-electron chi connectivity index (χ3n) is 4.08. The van der Waals surface area contributed by atoms with Crippen LogP contribution in [0.5, 0.6) is 11.5 Å². The van der Waals surface area contributed by atoms with E-state index in [1.807, 2.05) is 0 Å². The molecule has 0 aliphatic carbocycles. The summed E-state index contributed by atoms with van der Waals surface area (Å²) < 4.78 is 11.9. The number of hydrogen-bond donors (Lipinski definition) is 1. The molecule has 1 N–H and O–H groups in total. The van der Waals surface area contributed by atoms with E-state index in [1.165, 1.54) is 44.1 Å². The fraction of sp³-hybridized carbons (Fsp3) is 0.714. The molecule has 3 heteroatoms. The highest BCUT2D eigenvalue weighted by molar-refractivity contribution is 5.40. The van der Waals surface area contributed by atoms with Crippen molar-refractivity contribution in [3.05, 3.63) is 23.8 Å². The van der Waals surface area contributed by atoms with Crippen LogP contribution in [0.3, 0.4) is 0 Å². The van der Waals surface area contributed by atoms with Gasteiger partial charge in [-0.25, -0.2) is 0 Å².